The van der Waals surface area contributed by atoms with Crippen molar-refractivity contribution >= 4 is 5.91 Å². The predicted octanol–water partition coefficient (Wildman–Crippen LogP) is 0.700. The first-order chi connectivity index (χ1) is 4.70. The Morgan fingerprint density at radius 2 is 2.40 bits per heavy atom. The number of nitrogens with one attached hydrogen (secondary N) is 1. The van der Waals surface area contributed by atoms with Gasteiger partial charge in [-0.3, -0.25) is 4.79 Å². The van der Waals surface area contributed by atoms with Gasteiger partial charge in [0.1, 0.15) is 0 Å². The third kappa shape index (κ3) is 3.73. The van der Waals surface area contributed by atoms with Gasteiger partial charge in [0.25, 0.3) is 5.91 Å². The van der Waals surface area contributed by atoms with Crippen LogP contribution in [-0.4, -0.2) is 11.9 Å². The summed E-state index contributed by atoms with van der Waals surface area (Å²) >= 11 is 0. The molecule has 0 radical (unpaired) electrons. The van der Waals surface area contributed by atoms with Crippen molar-refractivity contribution in [3.8, 4) is 11.8 Å². The summed E-state index contributed by atoms with van der Waals surface area (Å²) in [4.78, 5) is 10.7. The van der Waals surface area contributed by atoms with Gasteiger partial charge in [-0.2, -0.15) is 0 Å². The molecule has 1 atom stereocenters. The lowest BCUT2D eigenvalue weighted by Gasteiger charge is -2.03. The second kappa shape index (κ2) is 4.63. The molecule has 10 heavy (non-hydrogen) atoms. The third-order valence-corrected chi connectivity index (χ3v) is 0.951. The van der Waals surface area contributed by atoms with Crippen LogP contribution in [0.4, 0.5) is 0 Å². The molecular formula is C8H11NO. The van der Waals surface area contributed by atoms with Crippen LogP contribution in [0.1, 0.15) is 13.8 Å². The van der Waals surface area contributed by atoms with Crippen molar-refractivity contribution in [2.75, 3.05) is 0 Å². The Labute approximate surface area is 61.3 Å². The molecule has 1 unspecified atom stereocenters. The normalized spacial score (nSPS) is 10.6. The maximum absolute atomic E-state index is 10.7. The summed E-state index contributed by atoms with van der Waals surface area (Å²) in [5.41, 5.74) is 0. The van der Waals surface area contributed by atoms with E-state index in [4.69, 9.17) is 0 Å². The molecule has 54 valence electrons. The zero-order valence-electron chi connectivity index (χ0n) is 6.27. The molecule has 0 aromatic rings. The Morgan fingerprint density at radius 1 is 1.80 bits per heavy atom. The standard InChI is InChI=1S/C8H11NO/c1-4-6-8(10)9-7(3)5-2/h5,7H,2H2,1,3H3,(H,9,10). The monoisotopic (exact) mass is 137 g/mol. The van der Waals surface area contributed by atoms with Gasteiger partial charge in [-0.15, -0.1) is 6.58 Å². The van der Waals surface area contributed by atoms with Crippen LogP contribution < -0.4 is 5.32 Å². The first-order valence-electron chi connectivity index (χ1n) is 3.06. The van der Waals surface area contributed by atoms with Gasteiger partial charge in [0.2, 0.25) is 0 Å². The van der Waals surface area contributed by atoms with Crippen LogP contribution in [0.2, 0.25) is 0 Å². The summed E-state index contributed by atoms with van der Waals surface area (Å²) in [5, 5.41) is 2.60. The summed E-state index contributed by atoms with van der Waals surface area (Å²) in [6.07, 6.45) is 1.65. The Balaban J connectivity index is 3.75. The Kier molecular flexibility index (Phi) is 4.06. The molecule has 2 nitrogen and oxygen atoms in total. The van der Waals surface area contributed by atoms with Crippen molar-refractivity contribution in [2.45, 2.75) is 19.9 Å². The average molecular weight is 137 g/mol. The quantitative estimate of drug-likeness (QED) is 0.440. The van der Waals surface area contributed by atoms with Crippen LogP contribution in [-0.2, 0) is 4.79 Å². The van der Waals surface area contributed by atoms with Crippen LogP contribution in [0, 0.1) is 11.8 Å². The Morgan fingerprint density at radius 3 is 2.80 bits per heavy atom. The van der Waals surface area contributed by atoms with Crippen molar-refractivity contribution in [3.05, 3.63) is 12.7 Å². The van der Waals surface area contributed by atoms with Crippen molar-refractivity contribution in [1.82, 2.24) is 5.32 Å². The van der Waals surface area contributed by atoms with Crippen LogP contribution in [0.5, 0.6) is 0 Å². The van der Waals surface area contributed by atoms with Crippen LogP contribution in [0.15, 0.2) is 12.7 Å². The van der Waals surface area contributed by atoms with E-state index in [1.54, 1.807) is 13.0 Å². The molecule has 0 aromatic carbocycles. The molecule has 0 rings (SSSR count). The summed E-state index contributed by atoms with van der Waals surface area (Å²) in [6, 6.07) is -0.00616. The molecule has 0 heterocycles. The fourth-order valence-corrected chi connectivity index (χ4v) is 0.415. The topological polar surface area (TPSA) is 29.1 Å². The minimum Gasteiger partial charge on any atom is -0.339 e. The van der Waals surface area contributed by atoms with Gasteiger partial charge in [0.15, 0.2) is 0 Å². The number of carbonyl (C=O) groups excluding carboxylic acids is 1. The number of hydrogen-bond donors (Lipinski definition) is 1. The van der Waals surface area contributed by atoms with E-state index >= 15 is 0 Å². The van der Waals surface area contributed by atoms with E-state index in [0.717, 1.165) is 0 Å². The Bertz CT molecular complexity index is 185. The number of hydrogen-bond acceptors (Lipinski definition) is 1. The van der Waals surface area contributed by atoms with E-state index in [0.29, 0.717) is 0 Å². The van der Waals surface area contributed by atoms with Gasteiger partial charge in [0.05, 0.1) is 0 Å². The highest BCUT2D eigenvalue weighted by molar-refractivity contribution is 5.93. The summed E-state index contributed by atoms with van der Waals surface area (Å²) in [5.74, 6) is 4.61. The molecule has 0 aromatic heterocycles. The lowest BCUT2D eigenvalue weighted by Crippen LogP contribution is -2.29. The molecule has 0 fully saturated rings. The lowest BCUT2D eigenvalue weighted by molar-refractivity contribution is -0.115. The second-order valence-corrected chi connectivity index (χ2v) is 1.87. The fourth-order valence-electron chi connectivity index (χ4n) is 0.415. The highest BCUT2D eigenvalue weighted by Crippen LogP contribution is 1.79. The van der Waals surface area contributed by atoms with Gasteiger partial charge < -0.3 is 5.32 Å². The zero-order valence-corrected chi connectivity index (χ0v) is 6.27. The second-order valence-electron chi connectivity index (χ2n) is 1.87. The summed E-state index contributed by atoms with van der Waals surface area (Å²) in [6.45, 7) is 6.97. The predicted molar refractivity (Wildman–Crippen MR) is 41.3 cm³/mol. The molecule has 0 saturated heterocycles. The van der Waals surface area contributed by atoms with Crippen molar-refractivity contribution in [3.63, 3.8) is 0 Å². The van der Waals surface area contributed by atoms with Crippen LogP contribution in [0.25, 0.3) is 0 Å². The van der Waals surface area contributed by atoms with E-state index < -0.39 is 0 Å². The third-order valence-electron chi connectivity index (χ3n) is 0.951. The van der Waals surface area contributed by atoms with Crippen LogP contribution in [0.3, 0.4) is 0 Å². The lowest BCUT2D eigenvalue weighted by atomic mass is 10.3. The van der Waals surface area contributed by atoms with E-state index in [-0.39, 0.29) is 11.9 Å². The van der Waals surface area contributed by atoms with Crippen molar-refractivity contribution in [2.24, 2.45) is 0 Å². The first-order valence-corrected chi connectivity index (χ1v) is 3.06. The number of rotatable bonds is 2. The molecule has 1 N–H and O–H groups in total. The minimum absolute atomic E-state index is 0.00616. The zero-order chi connectivity index (χ0) is 7.98. The van der Waals surface area contributed by atoms with Gasteiger partial charge in [-0.05, 0) is 19.8 Å². The molecule has 1 amide bonds. The van der Waals surface area contributed by atoms with Crippen LogP contribution >= 0.6 is 0 Å². The van der Waals surface area contributed by atoms with Crippen molar-refractivity contribution < 1.29 is 4.79 Å². The molecule has 0 saturated carbocycles. The molecule has 0 aliphatic rings. The molecule has 2 heteroatoms. The first kappa shape index (κ1) is 8.77. The van der Waals surface area contributed by atoms with E-state index in [9.17, 15) is 4.79 Å². The fraction of sp³-hybridized carbons (Fsp3) is 0.375. The number of amides is 1. The number of carbonyl (C=O) groups is 1. The highest BCUT2D eigenvalue weighted by atomic mass is 16.1. The highest BCUT2D eigenvalue weighted by Gasteiger charge is 1.97. The van der Waals surface area contributed by atoms with Gasteiger partial charge in [-0.1, -0.05) is 12.0 Å². The molecule has 0 spiro atoms. The van der Waals surface area contributed by atoms with Gasteiger partial charge in [-0.25, -0.2) is 0 Å². The van der Waals surface area contributed by atoms with Crippen molar-refractivity contribution in [1.29, 1.82) is 0 Å². The SMILES string of the molecule is C=CC(C)NC(=O)C#CC. The minimum atomic E-state index is -0.255. The smallest absolute Gasteiger partial charge is 0.296 e. The van der Waals surface area contributed by atoms with E-state index in [1.807, 2.05) is 6.92 Å². The molecular weight excluding hydrogens is 126 g/mol. The average Bonchev–Trinajstić information content (AvgIpc) is 1.88. The summed E-state index contributed by atoms with van der Waals surface area (Å²) < 4.78 is 0. The van der Waals surface area contributed by atoms with E-state index in [2.05, 4.69) is 23.7 Å². The molecule has 0 bridgehead atoms. The summed E-state index contributed by atoms with van der Waals surface area (Å²) in [7, 11) is 0. The largest absolute Gasteiger partial charge is 0.339 e. The van der Waals surface area contributed by atoms with Gasteiger partial charge >= 0.3 is 0 Å². The molecule has 0 aliphatic heterocycles. The maximum Gasteiger partial charge on any atom is 0.296 e. The Hall–Kier alpha value is -1.23. The molecule has 0 aliphatic carbocycles. The maximum atomic E-state index is 10.7. The van der Waals surface area contributed by atoms with E-state index in [1.165, 1.54) is 0 Å². The van der Waals surface area contributed by atoms with Gasteiger partial charge in [0, 0.05) is 6.04 Å².